The summed E-state index contributed by atoms with van der Waals surface area (Å²) in [5, 5.41) is 3.96. The van der Waals surface area contributed by atoms with Crippen molar-refractivity contribution in [1.82, 2.24) is 10.3 Å². The van der Waals surface area contributed by atoms with Crippen molar-refractivity contribution in [3.8, 4) is 16.5 Å². The van der Waals surface area contributed by atoms with Gasteiger partial charge in [-0.15, -0.1) is 0 Å². The van der Waals surface area contributed by atoms with E-state index in [9.17, 15) is 0 Å². The molecule has 2 aromatic heterocycles. The summed E-state index contributed by atoms with van der Waals surface area (Å²) >= 11 is 1.45. The molecule has 1 aliphatic rings. The Balaban J connectivity index is 1.98. The van der Waals surface area contributed by atoms with Gasteiger partial charge in [0.2, 0.25) is 10.9 Å². The minimum atomic E-state index is 0.640. The molecular formula is C13H11N3OS. The summed E-state index contributed by atoms with van der Waals surface area (Å²) in [5.41, 5.74) is 1.95. The normalized spacial score (nSPS) is 14.2. The van der Waals surface area contributed by atoms with Gasteiger partial charge in [0.15, 0.2) is 0 Å². The smallest absolute Gasteiger partial charge is 0.241 e. The molecule has 2 aromatic rings. The molecule has 0 bridgehead atoms. The molecule has 0 fully saturated rings. The van der Waals surface area contributed by atoms with Crippen LogP contribution in [0.5, 0.6) is 5.88 Å². The van der Waals surface area contributed by atoms with Crippen molar-refractivity contribution in [2.75, 3.05) is 13.2 Å². The van der Waals surface area contributed by atoms with Gasteiger partial charge in [-0.25, -0.2) is 9.83 Å². The van der Waals surface area contributed by atoms with Gasteiger partial charge in [0, 0.05) is 23.5 Å². The summed E-state index contributed by atoms with van der Waals surface area (Å²) in [5.74, 6) is 0.704. The van der Waals surface area contributed by atoms with Gasteiger partial charge in [-0.2, -0.15) is 11.3 Å². The van der Waals surface area contributed by atoms with Crippen LogP contribution in [-0.4, -0.2) is 18.1 Å². The molecule has 0 saturated heterocycles. The lowest BCUT2D eigenvalue weighted by atomic mass is 10.2. The minimum Gasteiger partial charge on any atom is -0.476 e. The Morgan fingerprint density at radius 1 is 1.33 bits per heavy atom. The number of fused-ring (bicyclic) bond motifs is 1. The van der Waals surface area contributed by atoms with E-state index in [0.29, 0.717) is 17.5 Å². The highest BCUT2D eigenvalue weighted by Crippen LogP contribution is 2.33. The molecule has 0 unspecified atom stereocenters. The van der Waals surface area contributed by atoms with E-state index in [2.05, 4.69) is 15.1 Å². The Morgan fingerprint density at radius 3 is 3.11 bits per heavy atom. The Hall–Kier alpha value is -1.90. The maximum atomic E-state index is 6.98. The molecule has 0 radical (unpaired) electrons. The van der Waals surface area contributed by atoms with Crippen molar-refractivity contribution in [3.63, 3.8) is 0 Å². The monoisotopic (exact) mass is 257 g/mol. The molecule has 4 nitrogen and oxygen atoms in total. The minimum absolute atomic E-state index is 0.640. The van der Waals surface area contributed by atoms with Crippen molar-refractivity contribution < 1.29 is 4.74 Å². The molecule has 1 aliphatic heterocycles. The first-order valence-electron chi connectivity index (χ1n) is 5.68. The second kappa shape index (κ2) is 4.77. The molecule has 0 atom stereocenters. The van der Waals surface area contributed by atoms with Gasteiger partial charge in [-0.3, -0.25) is 0 Å². The van der Waals surface area contributed by atoms with Gasteiger partial charge in [0.25, 0.3) is 0 Å². The summed E-state index contributed by atoms with van der Waals surface area (Å²) in [6.45, 7) is 9.25. The van der Waals surface area contributed by atoms with Gasteiger partial charge >= 0.3 is 0 Å². The van der Waals surface area contributed by atoms with Crippen molar-refractivity contribution in [2.45, 2.75) is 6.54 Å². The van der Waals surface area contributed by atoms with Gasteiger partial charge < -0.3 is 10.1 Å². The van der Waals surface area contributed by atoms with Gasteiger partial charge in [-0.05, 0) is 12.1 Å². The highest BCUT2D eigenvalue weighted by atomic mass is 32.1. The molecule has 0 amide bonds. The van der Waals surface area contributed by atoms with E-state index < -0.39 is 0 Å². The fourth-order valence-corrected chi connectivity index (χ4v) is 2.60. The Kier molecular flexibility index (Phi) is 2.97. The number of hydrogen-bond acceptors (Lipinski definition) is 4. The third kappa shape index (κ3) is 2.08. The van der Waals surface area contributed by atoms with Crippen molar-refractivity contribution in [2.24, 2.45) is 0 Å². The number of ether oxygens (including phenoxy) is 1. The van der Waals surface area contributed by atoms with Crippen LogP contribution >= 0.6 is 11.3 Å². The Bertz CT molecular complexity index is 615. The van der Waals surface area contributed by atoms with Crippen LogP contribution in [0.3, 0.4) is 0 Å². The number of thiophene rings is 1. The standard InChI is InChI=1S/C13H11N3OS/c1-14-12-5-4-11(18-12)10-3-2-9-8-15-6-7-17-13(9)16-10/h2-5,15H,6-8H2. The number of aromatic nitrogens is 1. The van der Waals surface area contributed by atoms with E-state index in [1.54, 1.807) is 0 Å². The van der Waals surface area contributed by atoms with E-state index in [4.69, 9.17) is 11.3 Å². The molecule has 0 saturated carbocycles. The number of hydrogen-bond donors (Lipinski definition) is 1. The zero-order valence-corrected chi connectivity index (χ0v) is 10.5. The number of rotatable bonds is 1. The van der Waals surface area contributed by atoms with Crippen LogP contribution in [0.15, 0.2) is 24.3 Å². The first-order valence-corrected chi connectivity index (χ1v) is 6.49. The number of nitrogens with one attached hydrogen (secondary N) is 1. The molecule has 3 rings (SSSR count). The van der Waals surface area contributed by atoms with Crippen LogP contribution in [0.2, 0.25) is 0 Å². The summed E-state index contributed by atoms with van der Waals surface area (Å²) in [7, 11) is 0. The summed E-state index contributed by atoms with van der Waals surface area (Å²) < 4.78 is 5.61. The Morgan fingerprint density at radius 2 is 2.28 bits per heavy atom. The predicted octanol–water partition coefficient (Wildman–Crippen LogP) is 2.84. The van der Waals surface area contributed by atoms with E-state index >= 15 is 0 Å². The van der Waals surface area contributed by atoms with Crippen LogP contribution < -0.4 is 10.1 Å². The molecule has 90 valence electrons. The van der Waals surface area contributed by atoms with Crippen LogP contribution in [0.1, 0.15) is 5.56 Å². The van der Waals surface area contributed by atoms with Crippen LogP contribution in [-0.2, 0) is 6.54 Å². The van der Waals surface area contributed by atoms with Crippen LogP contribution in [0, 0.1) is 6.57 Å². The van der Waals surface area contributed by atoms with Crippen LogP contribution in [0.4, 0.5) is 5.00 Å². The highest BCUT2D eigenvalue weighted by molar-refractivity contribution is 7.19. The molecule has 5 heteroatoms. The third-order valence-corrected chi connectivity index (χ3v) is 3.73. The summed E-state index contributed by atoms with van der Waals surface area (Å²) in [6, 6.07) is 7.77. The van der Waals surface area contributed by atoms with Gasteiger partial charge in [-0.1, -0.05) is 12.1 Å². The lowest BCUT2D eigenvalue weighted by molar-refractivity contribution is 0.314. The molecule has 0 aliphatic carbocycles. The first-order chi connectivity index (χ1) is 8.86. The molecule has 3 heterocycles. The SMILES string of the molecule is [C-]#[N+]c1ccc(-c2ccc3c(n2)OCCNC3)s1. The van der Waals surface area contributed by atoms with Crippen molar-refractivity contribution in [1.29, 1.82) is 0 Å². The second-order valence-electron chi connectivity index (χ2n) is 3.94. The quantitative estimate of drug-likeness (QED) is 0.798. The molecule has 1 N–H and O–H groups in total. The second-order valence-corrected chi connectivity index (χ2v) is 5.00. The largest absolute Gasteiger partial charge is 0.476 e. The van der Waals surface area contributed by atoms with Crippen LogP contribution in [0.25, 0.3) is 15.4 Å². The number of pyridine rings is 1. The molecular weight excluding hydrogens is 246 g/mol. The van der Waals surface area contributed by atoms with E-state index in [0.717, 1.165) is 29.2 Å². The maximum Gasteiger partial charge on any atom is 0.241 e. The van der Waals surface area contributed by atoms with Gasteiger partial charge in [0.05, 0.1) is 12.3 Å². The fraction of sp³-hybridized carbons (Fsp3) is 0.231. The molecule has 0 spiro atoms. The highest BCUT2D eigenvalue weighted by Gasteiger charge is 2.12. The maximum absolute atomic E-state index is 6.98. The first kappa shape index (κ1) is 11.2. The average molecular weight is 257 g/mol. The van der Waals surface area contributed by atoms with Crippen molar-refractivity contribution >= 4 is 16.3 Å². The predicted molar refractivity (Wildman–Crippen MR) is 71.0 cm³/mol. The fourth-order valence-electron chi connectivity index (χ4n) is 1.83. The summed E-state index contributed by atoms with van der Waals surface area (Å²) in [6.07, 6.45) is 0. The zero-order valence-electron chi connectivity index (χ0n) is 9.64. The number of nitrogens with zero attached hydrogens (tertiary/aromatic N) is 2. The molecule has 18 heavy (non-hydrogen) atoms. The Labute approximate surface area is 109 Å². The van der Waals surface area contributed by atoms with Gasteiger partial charge in [0.1, 0.15) is 6.61 Å². The van der Waals surface area contributed by atoms with E-state index in [-0.39, 0.29) is 0 Å². The van der Waals surface area contributed by atoms with Crippen molar-refractivity contribution in [3.05, 3.63) is 41.2 Å². The third-order valence-electron chi connectivity index (χ3n) is 2.73. The topological polar surface area (TPSA) is 38.5 Å². The lowest BCUT2D eigenvalue weighted by Gasteiger charge is -2.06. The average Bonchev–Trinajstić information content (AvgIpc) is 2.76. The summed E-state index contributed by atoms with van der Waals surface area (Å²) in [4.78, 5) is 8.96. The lowest BCUT2D eigenvalue weighted by Crippen LogP contribution is -2.16. The zero-order chi connectivity index (χ0) is 12.4. The van der Waals surface area contributed by atoms with E-state index in [1.165, 1.54) is 11.3 Å². The van der Waals surface area contributed by atoms with E-state index in [1.807, 2.05) is 24.3 Å². The molecule has 0 aromatic carbocycles.